The molecule has 0 atom stereocenters. The lowest BCUT2D eigenvalue weighted by atomic mass is 10.2. The van der Waals surface area contributed by atoms with Crippen molar-refractivity contribution in [2.75, 3.05) is 14.2 Å². The lowest BCUT2D eigenvalue weighted by Gasteiger charge is -2.15. The first kappa shape index (κ1) is 27.8. The second-order valence-electron chi connectivity index (χ2n) is 9.33. The summed E-state index contributed by atoms with van der Waals surface area (Å²) in [5.41, 5.74) is 0.251. The lowest BCUT2D eigenvalue weighted by molar-refractivity contribution is -0.387. The van der Waals surface area contributed by atoms with E-state index in [9.17, 15) is 19.7 Å². The molecule has 3 aromatic carbocycles. The van der Waals surface area contributed by atoms with Gasteiger partial charge in [0.05, 0.1) is 44.1 Å². The molecule has 0 aliphatic heterocycles. The number of aromatic nitrogens is 4. The molecule has 0 aliphatic rings. The Morgan fingerprint density at radius 1 is 0.810 bits per heavy atom. The van der Waals surface area contributed by atoms with Crippen LogP contribution in [-0.4, -0.2) is 38.1 Å². The van der Waals surface area contributed by atoms with Gasteiger partial charge in [-0.25, -0.2) is 14.0 Å². The Bertz CT molecular complexity index is 1850. The Morgan fingerprint density at radius 2 is 1.38 bits per heavy atom. The van der Waals surface area contributed by atoms with Crippen molar-refractivity contribution in [2.45, 2.75) is 13.1 Å². The predicted octanol–water partition coefficient (Wildman–Crippen LogP) is 4.39. The smallest absolute Gasteiger partial charge is 0.357 e. The summed E-state index contributed by atoms with van der Waals surface area (Å²) < 4.78 is 14.2. The fraction of sp³-hybridized carbons (Fsp3) is 0.129. The van der Waals surface area contributed by atoms with Gasteiger partial charge in [0.25, 0.3) is 0 Å². The highest BCUT2D eigenvalue weighted by molar-refractivity contribution is 5.71. The topological polar surface area (TPSA) is 123 Å². The first-order chi connectivity index (χ1) is 20.4. The van der Waals surface area contributed by atoms with Gasteiger partial charge in [-0.05, 0) is 59.7 Å². The van der Waals surface area contributed by atoms with E-state index >= 15 is 0 Å². The molecule has 42 heavy (non-hydrogen) atoms. The monoisotopic (exact) mass is 565 g/mol. The highest BCUT2D eigenvalue weighted by Gasteiger charge is 2.27. The molecule has 212 valence electrons. The Kier molecular flexibility index (Phi) is 8.10. The molecule has 5 aromatic rings. The van der Waals surface area contributed by atoms with Gasteiger partial charge in [0.1, 0.15) is 17.2 Å². The van der Waals surface area contributed by atoms with E-state index in [1.165, 1.54) is 17.8 Å². The summed E-state index contributed by atoms with van der Waals surface area (Å²) >= 11 is 0. The van der Waals surface area contributed by atoms with Crippen molar-refractivity contribution in [1.29, 1.82) is 0 Å². The third-order valence-corrected chi connectivity index (χ3v) is 6.68. The number of nitrogens with zero attached hydrogens (tertiary/aromatic N) is 5. The molecule has 0 aliphatic carbocycles. The van der Waals surface area contributed by atoms with Crippen LogP contribution in [0.2, 0.25) is 0 Å². The molecule has 0 amide bonds. The van der Waals surface area contributed by atoms with Crippen LogP contribution >= 0.6 is 0 Å². The molecule has 2 heterocycles. The van der Waals surface area contributed by atoms with Crippen molar-refractivity contribution < 1.29 is 14.4 Å². The molecular formula is C31H27N5O6. The van der Waals surface area contributed by atoms with Gasteiger partial charge in [0.15, 0.2) is 0 Å². The van der Waals surface area contributed by atoms with E-state index in [0.29, 0.717) is 28.2 Å². The third-order valence-electron chi connectivity index (χ3n) is 6.68. The van der Waals surface area contributed by atoms with Crippen LogP contribution in [0.1, 0.15) is 22.4 Å². The number of hydrogen-bond acceptors (Lipinski definition) is 7. The molecule has 0 spiro atoms. The minimum absolute atomic E-state index is 0.0183. The minimum Gasteiger partial charge on any atom is -0.497 e. The molecule has 0 fully saturated rings. The van der Waals surface area contributed by atoms with E-state index < -0.39 is 21.9 Å². The Labute approximate surface area is 240 Å². The molecule has 0 bridgehead atoms. The van der Waals surface area contributed by atoms with Gasteiger partial charge in [-0.1, -0.05) is 42.5 Å². The summed E-state index contributed by atoms with van der Waals surface area (Å²) in [7, 11) is 3.07. The van der Waals surface area contributed by atoms with Crippen LogP contribution in [0.25, 0.3) is 17.8 Å². The number of rotatable bonds is 10. The molecule has 5 rings (SSSR count). The number of nitro groups is 1. The van der Waals surface area contributed by atoms with E-state index in [2.05, 4.69) is 5.10 Å². The first-order valence-corrected chi connectivity index (χ1v) is 12.9. The summed E-state index contributed by atoms with van der Waals surface area (Å²) in [6.45, 7) is -0.172. The SMILES string of the molecule is COc1ccc(Cn2c(C=Cc3cnn(-c4ccccc4)c3)c([N+](=O)[O-])c(=O)n(Cc3ccc(OC)cc3)c2=O)cc1. The average Bonchev–Trinajstić information content (AvgIpc) is 3.50. The zero-order chi connectivity index (χ0) is 29.6. The highest BCUT2D eigenvalue weighted by Crippen LogP contribution is 2.20. The van der Waals surface area contributed by atoms with Crippen LogP contribution in [0.3, 0.4) is 0 Å². The van der Waals surface area contributed by atoms with Crippen molar-refractivity contribution in [3.63, 3.8) is 0 Å². The zero-order valence-corrected chi connectivity index (χ0v) is 22.9. The predicted molar refractivity (Wildman–Crippen MR) is 158 cm³/mol. The zero-order valence-electron chi connectivity index (χ0n) is 22.9. The number of para-hydroxylation sites is 1. The largest absolute Gasteiger partial charge is 0.497 e. The maximum Gasteiger partial charge on any atom is 0.357 e. The third kappa shape index (κ3) is 5.89. The fourth-order valence-electron chi connectivity index (χ4n) is 4.48. The van der Waals surface area contributed by atoms with Crippen molar-refractivity contribution >= 4 is 17.8 Å². The quantitative estimate of drug-likeness (QED) is 0.182. The van der Waals surface area contributed by atoms with Gasteiger partial charge in [-0.15, -0.1) is 0 Å². The summed E-state index contributed by atoms with van der Waals surface area (Å²) in [5.74, 6) is 1.22. The standard InChI is InChI=1S/C31H27N5O6/c1-41-26-13-8-22(9-14-26)19-33-28(17-12-24-18-32-35(21-24)25-6-4-3-5-7-25)29(36(39)40)30(37)34(31(33)38)20-23-10-15-27(42-2)16-11-23/h3-18,21H,19-20H2,1-2H3. The van der Waals surface area contributed by atoms with Gasteiger partial charge in [0, 0.05) is 11.8 Å². The number of methoxy groups -OCH3 is 2. The van der Waals surface area contributed by atoms with E-state index in [1.807, 2.05) is 30.3 Å². The van der Waals surface area contributed by atoms with Gasteiger partial charge < -0.3 is 9.47 Å². The van der Waals surface area contributed by atoms with Crippen molar-refractivity contribution in [2.24, 2.45) is 0 Å². The summed E-state index contributed by atoms with van der Waals surface area (Å²) in [4.78, 5) is 38.9. The average molecular weight is 566 g/mol. The molecule has 2 aromatic heterocycles. The van der Waals surface area contributed by atoms with E-state index in [-0.39, 0.29) is 18.8 Å². The normalized spacial score (nSPS) is 11.1. The molecular weight excluding hydrogens is 538 g/mol. The maximum absolute atomic E-state index is 13.8. The van der Waals surface area contributed by atoms with E-state index in [0.717, 1.165) is 10.3 Å². The molecule has 0 saturated heterocycles. The van der Waals surface area contributed by atoms with Crippen LogP contribution in [0.4, 0.5) is 5.69 Å². The van der Waals surface area contributed by atoms with Gasteiger partial charge in [-0.3, -0.25) is 19.5 Å². The number of ether oxygens (including phenoxy) is 2. The van der Waals surface area contributed by atoms with Crippen LogP contribution in [0.5, 0.6) is 11.5 Å². The van der Waals surface area contributed by atoms with Crippen molar-refractivity contribution in [3.05, 3.63) is 145 Å². The first-order valence-electron chi connectivity index (χ1n) is 12.9. The van der Waals surface area contributed by atoms with Crippen LogP contribution in [-0.2, 0) is 13.1 Å². The molecule has 11 nitrogen and oxygen atoms in total. The van der Waals surface area contributed by atoms with Crippen LogP contribution < -0.4 is 20.7 Å². The van der Waals surface area contributed by atoms with Crippen LogP contribution in [0.15, 0.2) is 101 Å². The number of hydrogen-bond donors (Lipinski definition) is 0. The molecule has 0 saturated carbocycles. The van der Waals surface area contributed by atoms with Gasteiger partial charge in [0.2, 0.25) is 0 Å². The Balaban J connectivity index is 1.63. The summed E-state index contributed by atoms with van der Waals surface area (Å²) in [6, 6.07) is 23.2. The van der Waals surface area contributed by atoms with E-state index in [4.69, 9.17) is 9.47 Å². The lowest BCUT2D eigenvalue weighted by Crippen LogP contribution is -2.42. The maximum atomic E-state index is 13.8. The summed E-state index contributed by atoms with van der Waals surface area (Å²) in [6.07, 6.45) is 6.33. The fourth-order valence-corrected chi connectivity index (χ4v) is 4.48. The second-order valence-corrected chi connectivity index (χ2v) is 9.33. The van der Waals surface area contributed by atoms with Crippen molar-refractivity contribution in [3.8, 4) is 17.2 Å². The van der Waals surface area contributed by atoms with E-state index in [1.54, 1.807) is 78.8 Å². The minimum atomic E-state index is -0.994. The Morgan fingerprint density at radius 3 is 1.93 bits per heavy atom. The molecule has 0 N–H and O–H groups in total. The molecule has 0 unspecified atom stereocenters. The second kappa shape index (κ2) is 12.2. The van der Waals surface area contributed by atoms with Crippen molar-refractivity contribution in [1.82, 2.24) is 18.9 Å². The Hall–Kier alpha value is -5.71. The molecule has 0 radical (unpaired) electrons. The summed E-state index contributed by atoms with van der Waals surface area (Å²) in [5, 5.41) is 16.7. The van der Waals surface area contributed by atoms with Gasteiger partial charge in [-0.2, -0.15) is 5.10 Å². The molecule has 11 heteroatoms. The van der Waals surface area contributed by atoms with Gasteiger partial charge >= 0.3 is 16.9 Å². The van der Waals surface area contributed by atoms with Crippen LogP contribution in [0, 0.1) is 10.1 Å². The number of benzene rings is 3. The highest BCUT2D eigenvalue weighted by atomic mass is 16.6.